The molecule has 65 heavy (non-hydrogen) atoms. The lowest BCUT2D eigenvalue weighted by atomic mass is 9.74. The van der Waals surface area contributed by atoms with E-state index in [-0.39, 0.29) is 5.41 Å². The van der Waals surface area contributed by atoms with Gasteiger partial charge >= 0.3 is 0 Å². The fourth-order valence-corrected chi connectivity index (χ4v) is 10.6. The van der Waals surface area contributed by atoms with Gasteiger partial charge in [-0.3, -0.25) is 0 Å². The second kappa shape index (κ2) is 15.8. The molecule has 1 unspecified atom stereocenters. The molecule has 0 amide bonds. The first-order chi connectivity index (χ1) is 32.1. The molecule has 0 bridgehead atoms. The van der Waals surface area contributed by atoms with Crippen LogP contribution in [0.5, 0.6) is 0 Å². The van der Waals surface area contributed by atoms with Gasteiger partial charge in [0.05, 0.1) is 5.69 Å². The zero-order chi connectivity index (χ0) is 43.3. The van der Waals surface area contributed by atoms with Crippen molar-refractivity contribution in [2.75, 3.05) is 4.90 Å². The summed E-state index contributed by atoms with van der Waals surface area (Å²) in [5.74, 6) is 0. The van der Waals surface area contributed by atoms with Crippen molar-refractivity contribution < 1.29 is 0 Å². The first-order valence-electron chi connectivity index (χ1n) is 22.6. The Morgan fingerprint density at radius 3 is 1.49 bits per heavy atom. The number of hydrogen-bond donors (Lipinski definition) is 0. The van der Waals surface area contributed by atoms with E-state index in [1.54, 1.807) is 0 Å². The summed E-state index contributed by atoms with van der Waals surface area (Å²) in [6, 6.07) is 93.4. The Morgan fingerprint density at radius 2 is 0.754 bits per heavy atom. The van der Waals surface area contributed by atoms with Crippen LogP contribution in [-0.2, 0) is 5.41 Å². The number of fused-ring (bicyclic) bond motifs is 5. The summed E-state index contributed by atoms with van der Waals surface area (Å²) in [7, 11) is 0. The minimum atomic E-state index is -0.274. The summed E-state index contributed by atoms with van der Waals surface area (Å²) >= 11 is 0. The van der Waals surface area contributed by atoms with Crippen LogP contribution in [0.3, 0.4) is 0 Å². The molecule has 1 nitrogen and oxygen atoms in total. The molecule has 0 N–H and O–H groups in total. The van der Waals surface area contributed by atoms with Gasteiger partial charge in [0.25, 0.3) is 0 Å². The van der Waals surface area contributed by atoms with E-state index in [0.29, 0.717) is 0 Å². The fraction of sp³-hybridized carbons (Fsp3) is 0.0312. The minimum Gasteiger partial charge on any atom is -0.310 e. The van der Waals surface area contributed by atoms with Crippen LogP contribution < -0.4 is 4.90 Å². The molecule has 11 aromatic carbocycles. The molecule has 12 rings (SSSR count). The highest BCUT2D eigenvalue weighted by molar-refractivity contribution is 6.09. The fourth-order valence-electron chi connectivity index (χ4n) is 10.6. The normalized spacial score (nSPS) is 14.0. The Kier molecular flexibility index (Phi) is 9.35. The van der Waals surface area contributed by atoms with Crippen LogP contribution in [0.1, 0.15) is 23.6 Å². The van der Waals surface area contributed by atoms with E-state index in [9.17, 15) is 0 Å². The quantitative estimate of drug-likeness (QED) is 0.147. The molecule has 1 aliphatic carbocycles. The third-order valence-electron chi connectivity index (χ3n) is 13.8. The van der Waals surface area contributed by atoms with Gasteiger partial charge in [-0.05, 0) is 126 Å². The summed E-state index contributed by atoms with van der Waals surface area (Å²) in [5, 5.41) is 4.91. The van der Waals surface area contributed by atoms with Crippen LogP contribution in [0.25, 0.3) is 77.2 Å². The first-order valence-corrected chi connectivity index (χ1v) is 22.6. The van der Waals surface area contributed by atoms with Crippen LogP contribution in [0, 0.1) is 0 Å². The second-order valence-corrected chi connectivity index (χ2v) is 17.3. The van der Waals surface area contributed by atoms with Gasteiger partial charge < -0.3 is 4.90 Å². The monoisotopic (exact) mass is 827 g/mol. The molecular formula is C64H45N. The van der Waals surface area contributed by atoms with Gasteiger partial charge in [0.15, 0.2) is 0 Å². The van der Waals surface area contributed by atoms with Gasteiger partial charge in [-0.25, -0.2) is 0 Å². The van der Waals surface area contributed by atoms with E-state index in [4.69, 9.17) is 0 Å². The third kappa shape index (κ3) is 6.47. The standard InChI is InChI=1S/C64H45N/c1-64(50-20-6-3-7-21-50)60-29-11-10-23-59(60)63-58(28-14-30-61(63)64)56-25-13-27-57-55(56)26-15-31-62(57)65(52-42-38-49(39-43-52)54-24-12-19-48-18-8-9-22-53(48)54)51-40-36-47(37-41-51)46-34-32-45(33-35-46)44-16-4-2-5-17-44/h2-43H,1H3. The van der Waals surface area contributed by atoms with E-state index in [0.717, 1.165) is 17.1 Å². The molecular weight excluding hydrogens is 783 g/mol. The smallest absolute Gasteiger partial charge is 0.0540 e. The zero-order valence-corrected chi connectivity index (χ0v) is 36.2. The molecule has 0 fully saturated rings. The van der Waals surface area contributed by atoms with Crippen molar-refractivity contribution in [3.8, 4) is 55.6 Å². The summed E-state index contributed by atoms with van der Waals surface area (Å²) < 4.78 is 0. The van der Waals surface area contributed by atoms with Crippen molar-refractivity contribution in [1.29, 1.82) is 0 Å². The Labute approximate surface area is 381 Å². The lowest BCUT2D eigenvalue weighted by Gasteiger charge is -2.28. The van der Waals surface area contributed by atoms with Crippen LogP contribution in [0.15, 0.2) is 255 Å². The van der Waals surface area contributed by atoms with E-state index in [2.05, 4.69) is 267 Å². The Morgan fingerprint density at radius 1 is 0.292 bits per heavy atom. The summed E-state index contributed by atoms with van der Waals surface area (Å²) in [6.07, 6.45) is 0. The number of benzene rings is 11. The topological polar surface area (TPSA) is 3.24 Å². The number of rotatable bonds is 8. The van der Waals surface area contributed by atoms with Crippen molar-refractivity contribution in [2.45, 2.75) is 12.3 Å². The van der Waals surface area contributed by atoms with Crippen molar-refractivity contribution in [3.05, 3.63) is 271 Å². The predicted molar refractivity (Wildman–Crippen MR) is 275 cm³/mol. The summed E-state index contributed by atoms with van der Waals surface area (Å²) in [4.78, 5) is 2.43. The van der Waals surface area contributed by atoms with Gasteiger partial charge in [-0.1, -0.05) is 224 Å². The molecule has 0 spiro atoms. The Bertz CT molecular complexity index is 3510. The molecule has 0 heterocycles. The van der Waals surface area contributed by atoms with Gasteiger partial charge in [-0.2, -0.15) is 0 Å². The lowest BCUT2D eigenvalue weighted by Crippen LogP contribution is -2.22. The highest BCUT2D eigenvalue weighted by Crippen LogP contribution is 2.56. The highest BCUT2D eigenvalue weighted by Gasteiger charge is 2.41. The molecule has 11 aromatic rings. The van der Waals surface area contributed by atoms with Crippen molar-refractivity contribution in [3.63, 3.8) is 0 Å². The molecule has 0 saturated heterocycles. The maximum atomic E-state index is 2.43. The number of nitrogens with zero attached hydrogens (tertiary/aromatic N) is 1. The van der Waals surface area contributed by atoms with E-state index >= 15 is 0 Å². The number of hydrogen-bond acceptors (Lipinski definition) is 1. The lowest BCUT2D eigenvalue weighted by molar-refractivity contribution is 0.714. The maximum Gasteiger partial charge on any atom is 0.0540 e. The SMILES string of the molecule is CC1(c2ccccc2)c2ccccc2-c2c(-c3cccc4c(N(c5ccc(-c6ccc(-c7ccccc7)cc6)cc5)c5ccc(-c6cccc7ccccc67)cc5)cccc34)cccc21. The van der Waals surface area contributed by atoms with Crippen molar-refractivity contribution in [1.82, 2.24) is 0 Å². The summed E-state index contributed by atoms with van der Waals surface area (Å²) in [6.45, 7) is 2.40. The molecule has 1 aliphatic rings. The first kappa shape index (κ1) is 38.4. The molecule has 0 radical (unpaired) electrons. The van der Waals surface area contributed by atoms with Gasteiger partial charge in [0.1, 0.15) is 0 Å². The van der Waals surface area contributed by atoms with E-state index < -0.39 is 0 Å². The Hall–Kier alpha value is -8.26. The third-order valence-corrected chi connectivity index (χ3v) is 13.8. The molecule has 0 aliphatic heterocycles. The zero-order valence-electron chi connectivity index (χ0n) is 36.2. The van der Waals surface area contributed by atoms with Crippen LogP contribution in [0.2, 0.25) is 0 Å². The van der Waals surface area contributed by atoms with Gasteiger partial charge in [0, 0.05) is 22.2 Å². The molecule has 0 aromatic heterocycles. The predicted octanol–water partition coefficient (Wildman–Crippen LogP) is 17.5. The molecule has 306 valence electrons. The second-order valence-electron chi connectivity index (χ2n) is 17.3. The van der Waals surface area contributed by atoms with Crippen LogP contribution in [0.4, 0.5) is 17.1 Å². The average molecular weight is 828 g/mol. The van der Waals surface area contributed by atoms with Crippen molar-refractivity contribution in [2.24, 2.45) is 0 Å². The summed E-state index contributed by atoms with van der Waals surface area (Å²) in [5.41, 5.74) is 19.4. The van der Waals surface area contributed by atoms with E-state index in [1.807, 2.05) is 0 Å². The van der Waals surface area contributed by atoms with Gasteiger partial charge in [0.2, 0.25) is 0 Å². The van der Waals surface area contributed by atoms with Crippen LogP contribution in [-0.4, -0.2) is 0 Å². The van der Waals surface area contributed by atoms with Crippen LogP contribution >= 0.6 is 0 Å². The molecule has 1 heteroatoms. The Balaban J connectivity index is 0.997. The highest BCUT2D eigenvalue weighted by atomic mass is 15.1. The minimum absolute atomic E-state index is 0.274. The molecule has 0 saturated carbocycles. The number of anilines is 3. The maximum absolute atomic E-state index is 2.43. The average Bonchev–Trinajstić information content (AvgIpc) is 3.66. The van der Waals surface area contributed by atoms with Gasteiger partial charge in [-0.15, -0.1) is 0 Å². The molecule has 1 atom stereocenters. The van der Waals surface area contributed by atoms with E-state index in [1.165, 1.54) is 93.9 Å². The largest absolute Gasteiger partial charge is 0.310 e. The van der Waals surface area contributed by atoms with Crippen molar-refractivity contribution >= 4 is 38.6 Å².